The summed E-state index contributed by atoms with van der Waals surface area (Å²) in [6.07, 6.45) is 1.70. The van der Waals surface area contributed by atoms with Gasteiger partial charge in [-0.1, -0.05) is 72.8 Å². The average Bonchev–Trinajstić information content (AvgIpc) is 2.92. The highest BCUT2D eigenvalue weighted by Crippen LogP contribution is 2.14. The standard InChI is InChI=1S/C29H35N3O5S/c1-23(29(34)30-19-18-24-14-16-27(37-2)17-15-24)32(21-26-12-8-5-9-13-26)28(33)22-31(38(3,35)36)20-25-10-6-4-7-11-25/h4-17,23H,18-22H2,1-3H3,(H,30,34)/t23-/m0/s1. The third-order valence-corrected chi connectivity index (χ3v) is 7.41. The highest BCUT2D eigenvalue weighted by atomic mass is 32.2. The lowest BCUT2D eigenvalue weighted by Gasteiger charge is -2.31. The van der Waals surface area contributed by atoms with E-state index in [0.29, 0.717) is 13.0 Å². The zero-order valence-electron chi connectivity index (χ0n) is 22.0. The lowest BCUT2D eigenvalue weighted by molar-refractivity contribution is -0.140. The van der Waals surface area contributed by atoms with Crippen LogP contribution < -0.4 is 10.1 Å². The van der Waals surface area contributed by atoms with Crippen molar-refractivity contribution in [3.05, 3.63) is 102 Å². The number of carbonyl (C=O) groups excluding carboxylic acids is 2. The van der Waals surface area contributed by atoms with Gasteiger partial charge in [0.05, 0.1) is 19.9 Å². The first-order chi connectivity index (χ1) is 18.2. The van der Waals surface area contributed by atoms with Crippen molar-refractivity contribution >= 4 is 21.8 Å². The molecule has 2 amide bonds. The Morgan fingerprint density at radius 2 is 1.39 bits per heavy atom. The van der Waals surface area contributed by atoms with Crippen molar-refractivity contribution in [2.24, 2.45) is 0 Å². The van der Waals surface area contributed by atoms with Crippen LogP contribution in [0.4, 0.5) is 0 Å². The lowest BCUT2D eigenvalue weighted by atomic mass is 10.1. The van der Waals surface area contributed by atoms with E-state index in [-0.39, 0.29) is 25.5 Å². The second-order valence-electron chi connectivity index (χ2n) is 9.09. The second-order valence-corrected chi connectivity index (χ2v) is 11.1. The van der Waals surface area contributed by atoms with Crippen molar-refractivity contribution in [3.63, 3.8) is 0 Å². The molecule has 3 aromatic carbocycles. The van der Waals surface area contributed by atoms with Crippen molar-refractivity contribution in [1.29, 1.82) is 0 Å². The fourth-order valence-electron chi connectivity index (χ4n) is 3.95. The summed E-state index contributed by atoms with van der Waals surface area (Å²) in [4.78, 5) is 28.0. The predicted molar refractivity (Wildman–Crippen MR) is 148 cm³/mol. The van der Waals surface area contributed by atoms with Crippen LogP contribution in [0.5, 0.6) is 5.75 Å². The van der Waals surface area contributed by atoms with Gasteiger partial charge in [-0.05, 0) is 42.2 Å². The number of carbonyl (C=O) groups is 2. The fraction of sp³-hybridized carbons (Fsp3) is 0.310. The Balaban J connectivity index is 1.72. The Morgan fingerprint density at radius 3 is 1.92 bits per heavy atom. The largest absolute Gasteiger partial charge is 0.497 e. The minimum Gasteiger partial charge on any atom is -0.497 e. The molecule has 0 bridgehead atoms. The number of benzene rings is 3. The molecule has 1 atom stereocenters. The molecule has 0 aliphatic carbocycles. The van der Waals surface area contributed by atoms with E-state index in [2.05, 4.69) is 5.32 Å². The predicted octanol–water partition coefficient (Wildman–Crippen LogP) is 3.23. The molecule has 0 saturated carbocycles. The smallest absolute Gasteiger partial charge is 0.242 e. The molecule has 0 radical (unpaired) electrons. The molecule has 0 aromatic heterocycles. The maximum Gasteiger partial charge on any atom is 0.242 e. The molecule has 202 valence electrons. The quantitative estimate of drug-likeness (QED) is 0.361. The van der Waals surface area contributed by atoms with E-state index < -0.39 is 22.0 Å². The molecule has 9 heteroatoms. The lowest BCUT2D eigenvalue weighted by Crippen LogP contribution is -2.51. The van der Waals surface area contributed by atoms with Crippen LogP contribution in [-0.2, 0) is 39.1 Å². The second kappa shape index (κ2) is 13.7. The molecule has 3 aromatic rings. The number of methoxy groups -OCH3 is 1. The van der Waals surface area contributed by atoms with Gasteiger partial charge in [-0.2, -0.15) is 4.31 Å². The van der Waals surface area contributed by atoms with Crippen molar-refractivity contribution in [3.8, 4) is 5.75 Å². The van der Waals surface area contributed by atoms with Gasteiger partial charge >= 0.3 is 0 Å². The summed E-state index contributed by atoms with van der Waals surface area (Å²) >= 11 is 0. The SMILES string of the molecule is COc1ccc(CCNC(=O)[C@H](C)N(Cc2ccccc2)C(=O)CN(Cc2ccccc2)S(C)(=O)=O)cc1. The minimum absolute atomic E-state index is 0.0625. The number of ether oxygens (including phenoxy) is 1. The summed E-state index contributed by atoms with van der Waals surface area (Å²) in [7, 11) is -2.08. The van der Waals surface area contributed by atoms with Gasteiger partial charge in [0, 0.05) is 19.6 Å². The van der Waals surface area contributed by atoms with Crippen LogP contribution in [0.15, 0.2) is 84.9 Å². The van der Waals surface area contributed by atoms with Gasteiger partial charge in [0.2, 0.25) is 21.8 Å². The zero-order valence-corrected chi connectivity index (χ0v) is 22.9. The summed E-state index contributed by atoms with van der Waals surface area (Å²) in [5.41, 5.74) is 2.65. The first-order valence-electron chi connectivity index (χ1n) is 12.4. The molecule has 8 nitrogen and oxygen atoms in total. The maximum absolute atomic E-state index is 13.5. The molecular formula is C29H35N3O5S. The van der Waals surface area contributed by atoms with Crippen LogP contribution in [0.2, 0.25) is 0 Å². The van der Waals surface area contributed by atoms with Gasteiger partial charge < -0.3 is 15.0 Å². The van der Waals surface area contributed by atoms with Gasteiger partial charge in [-0.15, -0.1) is 0 Å². The maximum atomic E-state index is 13.5. The van der Waals surface area contributed by atoms with Gasteiger partial charge in [-0.25, -0.2) is 8.42 Å². The molecule has 3 rings (SSSR count). The first kappa shape index (κ1) is 28.9. The summed E-state index contributed by atoms with van der Waals surface area (Å²) in [5.74, 6) is 0.00153. The number of amides is 2. The van der Waals surface area contributed by atoms with E-state index in [9.17, 15) is 18.0 Å². The zero-order chi connectivity index (χ0) is 27.5. The van der Waals surface area contributed by atoms with E-state index in [1.54, 1.807) is 14.0 Å². The van der Waals surface area contributed by atoms with Crippen molar-refractivity contribution in [2.75, 3.05) is 26.5 Å². The van der Waals surface area contributed by atoms with E-state index in [1.165, 1.54) is 4.90 Å². The highest BCUT2D eigenvalue weighted by Gasteiger charge is 2.29. The monoisotopic (exact) mass is 537 g/mol. The third kappa shape index (κ3) is 8.71. The van der Waals surface area contributed by atoms with Gasteiger partial charge in [0.25, 0.3) is 0 Å². The molecule has 0 unspecified atom stereocenters. The molecule has 38 heavy (non-hydrogen) atoms. The van der Waals surface area contributed by atoms with Crippen LogP contribution in [0.25, 0.3) is 0 Å². The van der Waals surface area contributed by atoms with Gasteiger partial charge in [0.15, 0.2) is 0 Å². The van der Waals surface area contributed by atoms with Crippen LogP contribution in [0, 0.1) is 0 Å². The molecular weight excluding hydrogens is 502 g/mol. The van der Waals surface area contributed by atoms with Crippen molar-refractivity contribution in [1.82, 2.24) is 14.5 Å². The molecule has 0 aliphatic heterocycles. The minimum atomic E-state index is -3.68. The van der Waals surface area contributed by atoms with Crippen LogP contribution in [0.3, 0.4) is 0 Å². The summed E-state index contributed by atoms with van der Waals surface area (Å²) in [6, 6.07) is 25.2. The third-order valence-electron chi connectivity index (χ3n) is 6.22. The van der Waals surface area contributed by atoms with Crippen LogP contribution in [-0.4, -0.2) is 61.9 Å². The molecule has 0 aliphatic rings. The summed E-state index contributed by atoms with van der Waals surface area (Å²) in [6.45, 7) is 1.92. The number of hydrogen-bond donors (Lipinski definition) is 1. The van der Waals surface area contributed by atoms with E-state index in [0.717, 1.165) is 33.0 Å². The van der Waals surface area contributed by atoms with Gasteiger partial charge in [-0.3, -0.25) is 9.59 Å². The number of sulfonamides is 1. The molecule has 0 heterocycles. The fourth-order valence-corrected chi connectivity index (χ4v) is 4.68. The van der Waals surface area contributed by atoms with Crippen molar-refractivity contribution < 1.29 is 22.7 Å². The summed E-state index contributed by atoms with van der Waals surface area (Å²) < 4.78 is 31.4. The number of rotatable bonds is 13. The summed E-state index contributed by atoms with van der Waals surface area (Å²) in [5, 5.41) is 2.91. The Kier molecular flexibility index (Phi) is 10.4. The van der Waals surface area contributed by atoms with Crippen LogP contribution in [0.1, 0.15) is 23.6 Å². The average molecular weight is 538 g/mol. The molecule has 0 saturated heterocycles. The Hall–Kier alpha value is -3.69. The number of nitrogens with zero attached hydrogens (tertiary/aromatic N) is 2. The Bertz CT molecular complexity index is 1280. The topological polar surface area (TPSA) is 96.0 Å². The number of hydrogen-bond acceptors (Lipinski definition) is 5. The normalized spacial score (nSPS) is 12.1. The first-order valence-corrected chi connectivity index (χ1v) is 14.3. The van der Waals surface area contributed by atoms with E-state index >= 15 is 0 Å². The van der Waals surface area contributed by atoms with E-state index in [4.69, 9.17) is 4.74 Å². The Morgan fingerprint density at radius 1 is 0.842 bits per heavy atom. The molecule has 1 N–H and O–H groups in total. The Labute approximate surface area is 225 Å². The molecule has 0 fully saturated rings. The van der Waals surface area contributed by atoms with E-state index in [1.807, 2.05) is 84.9 Å². The number of nitrogens with one attached hydrogen (secondary N) is 1. The highest BCUT2D eigenvalue weighted by molar-refractivity contribution is 7.88. The molecule has 0 spiro atoms. The van der Waals surface area contributed by atoms with Gasteiger partial charge in [0.1, 0.15) is 11.8 Å². The van der Waals surface area contributed by atoms with Crippen LogP contribution >= 0.6 is 0 Å². The van der Waals surface area contributed by atoms with Crippen molar-refractivity contribution in [2.45, 2.75) is 32.5 Å².